The first-order valence-corrected chi connectivity index (χ1v) is 6.62. The van der Waals surface area contributed by atoms with E-state index in [9.17, 15) is 0 Å². The first kappa shape index (κ1) is 11.4. The summed E-state index contributed by atoms with van der Waals surface area (Å²) in [4.78, 5) is 5.27. The van der Waals surface area contributed by atoms with Gasteiger partial charge in [-0.25, -0.2) is 0 Å². The lowest BCUT2D eigenvalue weighted by molar-refractivity contribution is 0.0875. The van der Waals surface area contributed by atoms with Gasteiger partial charge in [-0.05, 0) is 64.7 Å². The second-order valence-corrected chi connectivity index (χ2v) is 5.75. The van der Waals surface area contributed by atoms with Gasteiger partial charge < -0.3 is 9.80 Å². The van der Waals surface area contributed by atoms with Gasteiger partial charge in [-0.2, -0.15) is 0 Å². The van der Waals surface area contributed by atoms with Gasteiger partial charge in [0.1, 0.15) is 0 Å². The topological polar surface area (TPSA) is 6.48 Å². The zero-order valence-electron chi connectivity index (χ0n) is 10.6. The van der Waals surface area contributed by atoms with Crippen molar-refractivity contribution in [2.45, 2.75) is 46.1 Å². The lowest BCUT2D eigenvalue weighted by Gasteiger charge is -2.41. The Hall–Kier alpha value is -0.0800. The van der Waals surface area contributed by atoms with Crippen LogP contribution >= 0.6 is 0 Å². The summed E-state index contributed by atoms with van der Waals surface area (Å²) >= 11 is 0. The van der Waals surface area contributed by atoms with E-state index in [1.165, 1.54) is 52.0 Å². The number of hydrogen-bond acceptors (Lipinski definition) is 2. The molecule has 0 amide bonds. The van der Waals surface area contributed by atoms with E-state index < -0.39 is 0 Å². The molecule has 0 radical (unpaired) electrons. The van der Waals surface area contributed by atoms with E-state index in [-0.39, 0.29) is 0 Å². The summed E-state index contributed by atoms with van der Waals surface area (Å²) in [5.74, 6) is 0. The molecule has 0 saturated carbocycles. The second-order valence-electron chi connectivity index (χ2n) is 5.75. The molecule has 2 heterocycles. The fourth-order valence-corrected chi connectivity index (χ4v) is 3.22. The molecule has 1 spiro atoms. The fourth-order valence-electron chi connectivity index (χ4n) is 3.22. The maximum absolute atomic E-state index is 2.64. The van der Waals surface area contributed by atoms with Crippen LogP contribution in [-0.4, -0.2) is 48.6 Å². The third-order valence-corrected chi connectivity index (χ3v) is 4.55. The monoisotopic (exact) mass is 210 g/mol. The zero-order valence-corrected chi connectivity index (χ0v) is 10.6. The Morgan fingerprint density at radius 1 is 1.07 bits per heavy atom. The number of hydrogen-bond donors (Lipinski definition) is 0. The minimum absolute atomic E-state index is 0.696. The lowest BCUT2D eigenvalue weighted by Crippen LogP contribution is -2.44. The molecule has 0 aromatic carbocycles. The molecule has 0 aromatic heterocycles. The molecule has 2 aliphatic heterocycles. The standard InChI is InChI=1S/C13H26N2/c1-4-14-8-5-13(11-14)6-9-15(10-7-13)12(2)3/h12H,4-11H2,1-3H3. The Balaban J connectivity index is 1.87. The Labute approximate surface area is 94.6 Å². The Morgan fingerprint density at radius 2 is 1.67 bits per heavy atom. The minimum Gasteiger partial charge on any atom is -0.303 e. The van der Waals surface area contributed by atoms with E-state index >= 15 is 0 Å². The first-order chi connectivity index (χ1) is 7.15. The summed E-state index contributed by atoms with van der Waals surface area (Å²) in [6.45, 7) is 13.6. The Morgan fingerprint density at radius 3 is 2.13 bits per heavy atom. The molecular formula is C13H26N2. The van der Waals surface area contributed by atoms with Crippen molar-refractivity contribution in [1.82, 2.24) is 9.80 Å². The van der Waals surface area contributed by atoms with Gasteiger partial charge in [0.2, 0.25) is 0 Å². The summed E-state index contributed by atoms with van der Waals surface area (Å²) in [6, 6.07) is 0.742. The third kappa shape index (κ3) is 2.36. The summed E-state index contributed by atoms with van der Waals surface area (Å²) in [6.07, 6.45) is 4.32. The van der Waals surface area contributed by atoms with Gasteiger partial charge in [0.15, 0.2) is 0 Å². The lowest BCUT2D eigenvalue weighted by atomic mass is 9.77. The van der Waals surface area contributed by atoms with E-state index in [2.05, 4.69) is 30.6 Å². The van der Waals surface area contributed by atoms with Crippen LogP contribution < -0.4 is 0 Å². The van der Waals surface area contributed by atoms with Gasteiger partial charge in [-0.1, -0.05) is 6.92 Å². The van der Waals surface area contributed by atoms with E-state index in [0.717, 1.165) is 6.04 Å². The van der Waals surface area contributed by atoms with Crippen LogP contribution in [-0.2, 0) is 0 Å². The maximum Gasteiger partial charge on any atom is 0.00393 e. The van der Waals surface area contributed by atoms with Gasteiger partial charge in [0.05, 0.1) is 0 Å². The van der Waals surface area contributed by atoms with Crippen LogP contribution in [0.2, 0.25) is 0 Å². The van der Waals surface area contributed by atoms with E-state index in [4.69, 9.17) is 0 Å². The van der Waals surface area contributed by atoms with Gasteiger partial charge >= 0.3 is 0 Å². The molecule has 0 aliphatic carbocycles. The highest BCUT2D eigenvalue weighted by molar-refractivity contribution is 4.93. The SMILES string of the molecule is CCN1CCC2(CCN(C(C)C)CC2)C1. The summed E-state index contributed by atoms with van der Waals surface area (Å²) in [7, 11) is 0. The van der Waals surface area contributed by atoms with Crippen molar-refractivity contribution in [1.29, 1.82) is 0 Å². The average molecular weight is 210 g/mol. The molecule has 2 rings (SSSR count). The van der Waals surface area contributed by atoms with Crippen LogP contribution in [0, 0.1) is 5.41 Å². The molecule has 0 unspecified atom stereocenters. The first-order valence-electron chi connectivity index (χ1n) is 6.62. The quantitative estimate of drug-likeness (QED) is 0.689. The largest absolute Gasteiger partial charge is 0.303 e. The van der Waals surface area contributed by atoms with Crippen LogP contribution in [0.15, 0.2) is 0 Å². The van der Waals surface area contributed by atoms with Crippen LogP contribution in [0.3, 0.4) is 0 Å². The van der Waals surface area contributed by atoms with Crippen LogP contribution in [0.25, 0.3) is 0 Å². The van der Waals surface area contributed by atoms with Gasteiger partial charge in [0.25, 0.3) is 0 Å². The molecule has 2 aliphatic rings. The number of nitrogens with zero attached hydrogens (tertiary/aromatic N) is 2. The van der Waals surface area contributed by atoms with Crippen LogP contribution in [0.4, 0.5) is 0 Å². The van der Waals surface area contributed by atoms with Crippen molar-refractivity contribution in [2.24, 2.45) is 5.41 Å². The Kier molecular flexibility index (Phi) is 3.36. The number of likely N-dealkylation sites (tertiary alicyclic amines) is 2. The third-order valence-electron chi connectivity index (χ3n) is 4.55. The molecule has 0 N–H and O–H groups in total. The van der Waals surface area contributed by atoms with E-state index in [1.807, 2.05) is 0 Å². The predicted octanol–water partition coefficient (Wildman–Crippen LogP) is 2.20. The van der Waals surface area contributed by atoms with Gasteiger partial charge in [-0.3, -0.25) is 0 Å². The van der Waals surface area contributed by atoms with E-state index in [0.29, 0.717) is 5.41 Å². The molecule has 2 nitrogen and oxygen atoms in total. The molecule has 88 valence electrons. The molecule has 0 bridgehead atoms. The molecule has 0 atom stereocenters. The predicted molar refractivity (Wildman–Crippen MR) is 65.1 cm³/mol. The molecule has 2 fully saturated rings. The zero-order chi connectivity index (χ0) is 10.9. The Bertz CT molecular complexity index is 205. The second kappa shape index (κ2) is 4.42. The summed E-state index contributed by atoms with van der Waals surface area (Å²) in [5.41, 5.74) is 0.696. The van der Waals surface area contributed by atoms with Crippen molar-refractivity contribution in [3.05, 3.63) is 0 Å². The number of piperidine rings is 1. The van der Waals surface area contributed by atoms with Crippen molar-refractivity contribution < 1.29 is 0 Å². The highest BCUT2D eigenvalue weighted by atomic mass is 15.2. The summed E-state index contributed by atoms with van der Waals surface area (Å²) < 4.78 is 0. The molecule has 0 aromatic rings. The van der Waals surface area contributed by atoms with Crippen molar-refractivity contribution >= 4 is 0 Å². The highest BCUT2D eigenvalue weighted by Crippen LogP contribution is 2.40. The minimum atomic E-state index is 0.696. The van der Waals surface area contributed by atoms with Crippen molar-refractivity contribution in [2.75, 3.05) is 32.7 Å². The normalized spacial score (nSPS) is 28.0. The van der Waals surface area contributed by atoms with Crippen molar-refractivity contribution in [3.8, 4) is 0 Å². The van der Waals surface area contributed by atoms with Crippen molar-refractivity contribution in [3.63, 3.8) is 0 Å². The maximum atomic E-state index is 2.64. The fraction of sp³-hybridized carbons (Fsp3) is 1.00. The van der Waals surface area contributed by atoms with Gasteiger partial charge in [-0.15, -0.1) is 0 Å². The molecule has 2 saturated heterocycles. The molecule has 15 heavy (non-hydrogen) atoms. The van der Waals surface area contributed by atoms with Crippen LogP contribution in [0.5, 0.6) is 0 Å². The smallest absolute Gasteiger partial charge is 0.00393 e. The highest BCUT2D eigenvalue weighted by Gasteiger charge is 2.40. The molecule has 2 heteroatoms. The van der Waals surface area contributed by atoms with Gasteiger partial charge in [0, 0.05) is 12.6 Å². The number of rotatable bonds is 2. The average Bonchev–Trinajstić information content (AvgIpc) is 2.62. The summed E-state index contributed by atoms with van der Waals surface area (Å²) in [5, 5.41) is 0. The van der Waals surface area contributed by atoms with Crippen LogP contribution in [0.1, 0.15) is 40.0 Å². The molecular weight excluding hydrogens is 184 g/mol. The van der Waals surface area contributed by atoms with E-state index in [1.54, 1.807) is 0 Å².